The van der Waals surface area contributed by atoms with Crippen LogP contribution in [0.4, 0.5) is 0 Å². The minimum Gasteiger partial charge on any atom is -0.455 e. The molecule has 0 saturated heterocycles. The van der Waals surface area contributed by atoms with Crippen molar-refractivity contribution in [3.63, 3.8) is 0 Å². The lowest BCUT2D eigenvalue weighted by atomic mass is 9.94. The Balaban J connectivity index is 1.16. The average molecular weight is 735 g/mol. The third kappa shape index (κ3) is 5.38. The van der Waals surface area contributed by atoms with Gasteiger partial charge in [0, 0.05) is 59.8 Å². The van der Waals surface area contributed by atoms with Gasteiger partial charge in [0.1, 0.15) is 11.2 Å². The van der Waals surface area contributed by atoms with Crippen LogP contribution in [0, 0.1) is 0 Å². The third-order valence-electron chi connectivity index (χ3n) is 10.4. The quantitative estimate of drug-likeness (QED) is 0.170. The molecule has 0 aliphatic carbocycles. The van der Waals surface area contributed by atoms with E-state index in [1.165, 1.54) is 5.39 Å². The molecule has 0 saturated carbocycles. The summed E-state index contributed by atoms with van der Waals surface area (Å²) >= 11 is 1.78. The number of thiophene rings is 1. The predicted molar refractivity (Wildman–Crippen MR) is 230 cm³/mol. The number of pyridine rings is 1. The van der Waals surface area contributed by atoms with Gasteiger partial charge in [-0.15, -0.1) is 11.3 Å². The lowest BCUT2D eigenvalue weighted by molar-refractivity contribution is 0.670. The minimum atomic E-state index is 0.620. The molecule has 0 amide bonds. The number of para-hydroxylation sites is 3. The summed E-state index contributed by atoms with van der Waals surface area (Å²) in [7, 11) is 0. The Morgan fingerprint density at radius 1 is 0.393 bits per heavy atom. The highest BCUT2D eigenvalue weighted by molar-refractivity contribution is 7.23. The Morgan fingerprint density at radius 3 is 1.57 bits per heavy atom. The molecule has 0 bridgehead atoms. The molecule has 0 unspecified atom stereocenters. The molecule has 0 spiro atoms. The van der Waals surface area contributed by atoms with Crippen molar-refractivity contribution < 1.29 is 4.42 Å². The fourth-order valence-electron chi connectivity index (χ4n) is 7.71. The molecule has 0 atom stereocenters. The van der Waals surface area contributed by atoms with Crippen molar-refractivity contribution in [2.75, 3.05) is 0 Å². The maximum Gasteiger partial charge on any atom is 0.164 e. The van der Waals surface area contributed by atoms with Crippen molar-refractivity contribution in [3.05, 3.63) is 182 Å². The summed E-state index contributed by atoms with van der Waals surface area (Å²) in [6.45, 7) is 0. The first-order valence-corrected chi connectivity index (χ1v) is 19.4. The van der Waals surface area contributed by atoms with Gasteiger partial charge in [-0.05, 0) is 17.7 Å². The van der Waals surface area contributed by atoms with E-state index in [0.29, 0.717) is 17.5 Å². The summed E-state index contributed by atoms with van der Waals surface area (Å²) in [6.07, 6.45) is 0. The van der Waals surface area contributed by atoms with E-state index < -0.39 is 0 Å². The number of benzene rings is 7. The molecule has 0 fully saturated rings. The second kappa shape index (κ2) is 13.2. The lowest BCUT2D eigenvalue weighted by Crippen LogP contribution is -2.00. The van der Waals surface area contributed by atoms with Gasteiger partial charge in [-0.2, -0.15) is 0 Å². The van der Waals surface area contributed by atoms with E-state index >= 15 is 0 Å². The van der Waals surface area contributed by atoms with Gasteiger partial charge in [-0.3, -0.25) is 0 Å². The second-order valence-corrected chi connectivity index (χ2v) is 14.8. The summed E-state index contributed by atoms with van der Waals surface area (Å²) in [5, 5.41) is 4.48. The van der Waals surface area contributed by atoms with E-state index in [-0.39, 0.29) is 0 Å². The molecule has 7 aromatic carbocycles. The Kier molecular flexibility index (Phi) is 7.60. The number of furan rings is 1. The van der Waals surface area contributed by atoms with Crippen LogP contribution in [0.5, 0.6) is 0 Å². The van der Waals surface area contributed by atoms with E-state index in [4.69, 9.17) is 24.4 Å². The van der Waals surface area contributed by atoms with E-state index in [2.05, 4.69) is 109 Å². The van der Waals surface area contributed by atoms with Gasteiger partial charge in [-0.1, -0.05) is 170 Å². The summed E-state index contributed by atoms with van der Waals surface area (Å²) in [6, 6.07) is 62.5. The Bertz CT molecular complexity index is 3170. The van der Waals surface area contributed by atoms with Crippen LogP contribution < -0.4 is 0 Å². The Hall–Kier alpha value is -7.28. The van der Waals surface area contributed by atoms with Gasteiger partial charge in [-0.25, -0.2) is 19.9 Å². The van der Waals surface area contributed by atoms with Crippen LogP contribution in [-0.4, -0.2) is 19.9 Å². The number of hydrogen-bond acceptors (Lipinski definition) is 6. The summed E-state index contributed by atoms with van der Waals surface area (Å²) in [5.74, 6) is 1.89. The van der Waals surface area contributed by atoms with Crippen molar-refractivity contribution >= 4 is 54.3 Å². The molecule has 262 valence electrons. The van der Waals surface area contributed by atoms with Crippen molar-refractivity contribution in [2.45, 2.75) is 0 Å². The smallest absolute Gasteiger partial charge is 0.164 e. The molecular formula is C50H30N4OS. The zero-order valence-corrected chi connectivity index (χ0v) is 30.7. The molecule has 11 rings (SSSR count). The minimum absolute atomic E-state index is 0.620. The SMILES string of the molecule is c1ccc(-c2nc(-c3ccccc3)nc(-c3ccc(-c4sc5c(-c6ccccc6)nc6ccccc6c5c4-c4cccc5c4oc4ccccc45)cc3)n2)cc1. The summed E-state index contributed by atoms with van der Waals surface area (Å²) in [5.41, 5.74) is 10.8. The van der Waals surface area contributed by atoms with Crippen LogP contribution in [0.3, 0.4) is 0 Å². The van der Waals surface area contributed by atoms with Crippen LogP contribution in [0.2, 0.25) is 0 Å². The van der Waals surface area contributed by atoms with Crippen LogP contribution in [-0.2, 0) is 0 Å². The zero-order valence-electron chi connectivity index (χ0n) is 29.9. The molecule has 6 heteroatoms. The van der Waals surface area contributed by atoms with E-state index in [0.717, 1.165) is 87.1 Å². The number of fused-ring (bicyclic) bond motifs is 6. The molecule has 0 aliphatic heterocycles. The van der Waals surface area contributed by atoms with E-state index in [1.54, 1.807) is 11.3 Å². The molecule has 0 aliphatic rings. The lowest BCUT2D eigenvalue weighted by Gasteiger charge is -2.11. The zero-order chi connectivity index (χ0) is 37.0. The first-order valence-electron chi connectivity index (χ1n) is 18.6. The van der Waals surface area contributed by atoms with Gasteiger partial charge in [0.2, 0.25) is 0 Å². The van der Waals surface area contributed by atoms with E-state index in [9.17, 15) is 0 Å². The molecular weight excluding hydrogens is 705 g/mol. The third-order valence-corrected chi connectivity index (χ3v) is 11.6. The van der Waals surface area contributed by atoms with Crippen LogP contribution in [0.25, 0.3) is 110 Å². The molecule has 4 heterocycles. The number of nitrogens with zero attached hydrogens (tertiary/aromatic N) is 4. The predicted octanol–water partition coefficient (Wildman–Crippen LogP) is 13.5. The second-order valence-electron chi connectivity index (χ2n) is 13.8. The van der Waals surface area contributed by atoms with Gasteiger partial charge in [0.05, 0.1) is 15.9 Å². The first kappa shape index (κ1) is 32.2. The monoisotopic (exact) mass is 734 g/mol. The molecule has 56 heavy (non-hydrogen) atoms. The van der Waals surface area contributed by atoms with Crippen molar-refractivity contribution in [1.82, 2.24) is 19.9 Å². The fourth-order valence-corrected chi connectivity index (χ4v) is 9.06. The number of hydrogen-bond donors (Lipinski definition) is 0. The van der Waals surface area contributed by atoms with Crippen LogP contribution >= 0.6 is 11.3 Å². The van der Waals surface area contributed by atoms with Crippen molar-refractivity contribution in [1.29, 1.82) is 0 Å². The Morgan fingerprint density at radius 2 is 0.911 bits per heavy atom. The van der Waals surface area contributed by atoms with Gasteiger partial charge >= 0.3 is 0 Å². The van der Waals surface area contributed by atoms with Gasteiger partial charge in [0.15, 0.2) is 17.5 Å². The molecule has 0 radical (unpaired) electrons. The topological polar surface area (TPSA) is 64.7 Å². The maximum absolute atomic E-state index is 6.71. The summed E-state index contributed by atoms with van der Waals surface area (Å²) in [4.78, 5) is 21.3. The molecule has 0 N–H and O–H groups in total. The highest BCUT2D eigenvalue weighted by Gasteiger charge is 2.25. The van der Waals surface area contributed by atoms with Crippen LogP contribution in [0.15, 0.2) is 186 Å². The van der Waals surface area contributed by atoms with Crippen molar-refractivity contribution in [3.8, 4) is 67.0 Å². The van der Waals surface area contributed by atoms with Gasteiger partial charge < -0.3 is 4.42 Å². The molecule has 11 aromatic rings. The summed E-state index contributed by atoms with van der Waals surface area (Å²) < 4.78 is 7.85. The standard InChI is InChI=1S/C50H30N4OS/c1-4-15-31(16-5-1)44-47-42(38-22-10-12-25-40(38)51-44)43(39-24-14-23-37-36-21-11-13-26-41(36)55-45(37)39)46(56-47)32-27-29-35(30-28-32)50-53-48(33-17-6-2-7-18-33)52-49(54-50)34-19-8-3-9-20-34/h1-30H. The Labute approximate surface area is 326 Å². The highest BCUT2D eigenvalue weighted by atomic mass is 32.1. The van der Waals surface area contributed by atoms with Crippen molar-refractivity contribution in [2.24, 2.45) is 0 Å². The van der Waals surface area contributed by atoms with Gasteiger partial charge in [0.25, 0.3) is 0 Å². The normalized spacial score (nSPS) is 11.6. The maximum atomic E-state index is 6.71. The number of aromatic nitrogens is 4. The average Bonchev–Trinajstić information content (AvgIpc) is 3.87. The largest absolute Gasteiger partial charge is 0.455 e. The van der Waals surface area contributed by atoms with E-state index in [1.807, 2.05) is 72.8 Å². The fraction of sp³-hybridized carbons (Fsp3) is 0. The molecule has 5 nitrogen and oxygen atoms in total. The highest BCUT2D eigenvalue weighted by Crippen LogP contribution is 2.52. The van der Waals surface area contributed by atoms with Crippen LogP contribution in [0.1, 0.15) is 0 Å². The number of rotatable bonds is 6. The molecule has 4 aromatic heterocycles. The first-order chi connectivity index (χ1) is 27.8.